The van der Waals surface area contributed by atoms with Crippen LogP contribution in [0.25, 0.3) is 10.2 Å². The molecule has 128 valence electrons. The molecule has 0 saturated carbocycles. The zero-order chi connectivity index (χ0) is 17.2. The van der Waals surface area contributed by atoms with Crippen molar-refractivity contribution >= 4 is 44.7 Å². The average Bonchev–Trinajstić information content (AvgIpc) is 3.22. The van der Waals surface area contributed by atoms with Gasteiger partial charge in [-0.2, -0.15) is 0 Å². The summed E-state index contributed by atoms with van der Waals surface area (Å²) >= 11 is 7.61. The first-order valence-corrected chi connectivity index (χ1v) is 9.53. The predicted molar refractivity (Wildman–Crippen MR) is 103 cm³/mol. The zero-order valence-electron chi connectivity index (χ0n) is 13.6. The maximum Gasteiger partial charge on any atom is 0.238 e. The van der Waals surface area contributed by atoms with Crippen molar-refractivity contribution in [3.05, 3.63) is 58.6 Å². The molecular weight excluding hydrogens is 354 g/mol. The number of fused-ring (bicyclic) bond motifs is 1. The van der Waals surface area contributed by atoms with Crippen LogP contribution in [0.3, 0.4) is 0 Å². The molecular formula is C19H18ClN3OS. The molecule has 1 aromatic heterocycles. The van der Waals surface area contributed by atoms with Gasteiger partial charge in [-0.3, -0.25) is 9.69 Å². The minimum Gasteiger partial charge on any atom is -0.325 e. The standard InChI is InChI=1S/C19H18ClN3OS/c20-13-7-9-14(10-8-13)21-18(24)12-23-11-3-5-16(23)19-22-15-4-1-2-6-17(15)25-19/h1-2,4,6-10,16H,3,5,11-12H2,(H,21,24)/t16-/m1/s1. The number of benzene rings is 2. The van der Waals surface area contributed by atoms with Gasteiger partial charge in [0.25, 0.3) is 0 Å². The SMILES string of the molecule is O=C(CN1CCC[C@@H]1c1nc2ccccc2s1)Nc1ccc(Cl)cc1. The third-order valence-corrected chi connectivity index (χ3v) is 5.82. The number of anilines is 1. The zero-order valence-corrected chi connectivity index (χ0v) is 15.2. The summed E-state index contributed by atoms with van der Waals surface area (Å²) in [6.45, 7) is 1.30. The van der Waals surface area contributed by atoms with Crippen LogP contribution in [-0.4, -0.2) is 28.9 Å². The van der Waals surface area contributed by atoms with Crippen molar-refractivity contribution in [1.82, 2.24) is 9.88 Å². The molecule has 4 nitrogen and oxygen atoms in total. The number of aromatic nitrogens is 1. The maximum absolute atomic E-state index is 12.4. The van der Waals surface area contributed by atoms with Gasteiger partial charge in [0.2, 0.25) is 5.91 Å². The quantitative estimate of drug-likeness (QED) is 0.721. The van der Waals surface area contributed by atoms with Gasteiger partial charge in [0.1, 0.15) is 5.01 Å². The number of amides is 1. The van der Waals surface area contributed by atoms with Crippen molar-refractivity contribution in [1.29, 1.82) is 0 Å². The van der Waals surface area contributed by atoms with Crippen molar-refractivity contribution in [2.45, 2.75) is 18.9 Å². The van der Waals surface area contributed by atoms with E-state index in [4.69, 9.17) is 16.6 Å². The molecule has 1 saturated heterocycles. The van der Waals surface area contributed by atoms with Crippen LogP contribution in [-0.2, 0) is 4.79 Å². The molecule has 1 fully saturated rings. The molecule has 0 radical (unpaired) electrons. The van der Waals surface area contributed by atoms with Crippen molar-refractivity contribution in [2.75, 3.05) is 18.4 Å². The normalized spacial score (nSPS) is 17.9. The van der Waals surface area contributed by atoms with Crippen LogP contribution in [0.5, 0.6) is 0 Å². The summed E-state index contributed by atoms with van der Waals surface area (Å²) in [5.41, 5.74) is 1.81. The molecule has 0 bridgehead atoms. The van der Waals surface area contributed by atoms with E-state index >= 15 is 0 Å². The van der Waals surface area contributed by atoms with Crippen molar-refractivity contribution in [3.63, 3.8) is 0 Å². The highest BCUT2D eigenvalue weighted by Gasteiger charge is 2.30. The molecule has 1 atom stereocenters. The number of carbonyl (C=O) groups is 1. The molecule has 0 spiro atoms. The van der Waals surface area contributed by atoms with E-state index in [-0.39, 0.29) is 11.9 Å². The summed E-state index contributed by atoms with van der Waals surface area (Å²) in [6.07, 6.45) is 2.14. The predicted octanol–water partition coefficient (Wildman–Crippen LogP) is 4.73. The third kappa shape index (κ3) is 3.68. The topological polar surface area (TPSA) is 45.2 Å². The first kappa shape index (κ1) is 16.5. The van der Waals surface area contributed by atoms with Gasteiger partial charge in [-0.05, 0) is 55.8 Å². The van der Waals surface area contributed by atoms with Crippen LogP contribution in [0.4, 0.5) is 5.69 Å². The molecule has 3 aromatic rings. The van der Waals surface area contributed by atoms with E-state index in [0.29, 0.717) is 11.6 Å². The monoisotopic (exact) mass is 371 g/mol. The Morgan fingerprint density at radius 1 is 1.24 bits per heavy atom. The Balaban J connectivity index is 1.45. The van der Waals surface area contributed by atoms with E-state index in [1.807, 2.05) is 30.3 Å². The van der Waals surface area contributed by atoms with Gasteiger partial charge in [0.15, 0.2) is 0 Å². The smallest absolute Gasteiger partial charge is 0.238 e. The van der Waals surface area contributed by atoms with E-state index in [0.717, 1.165) is 35.6 Å². The Morgan fingerprint density at radius 3 is 2.84 bits per heavy atom. The Labute approximate surface area is 155 Å². The van der Waals surface area contributed by atoms with Gasteiger partial charge in [0.05, 0.1) is 22.8 Å². The summed E-state index contributed by atoms with van der Waals surface area (Å²) in [5, 5.41) is 4.71. The van der Waals surface area contributed by atoms with Gasteiger partial charge in [-0.1, -0.05) is 23.7 Å². The minimum absolute atomic E-state index is 0.00432. The van der Waals surface area contributed by atoms with Crippen molar-refractivity contribution < 1.29 is 4.79 Å². The molecule has 1 aliphatic rings. The molecule has 1 amide bonds. The van der Waals surface area contributed by atoms with Crippen LogP contribution in [0, 0.1) is 0 Å². The molecule has 0 unspecified atom stereocenters. The molecule has 1 aliphatic heterocycles. The van der Waals surface area contributed by atoms with Crippen LogP contribution in [0.1, 0.15) is 23.9 Å². The van der Waals surface area contributed by atoms with Crippen molar-refractivity contribution in [3.8, 4) is 0 Å². The summed E-state index contributed by atoms with van der Waals surface area (Å²) in [6, 6.07) is 15.6. The van der Waals surface area contributed by atoms with Crippen LogP contribution >= 0.6 is 22.9 Å². The fourth-order valence-corrected chi connectivity index (χ4v) is 4.51. The Bertz CT molecular complexity index is 860. The fraction of sp³-hybridized carbons (Fsp3) is 0.263. The number of nitrogens with one attached hydrogen (secondary N) is 1. The van der Waals surface area contributed by atoms with E-state index in [9.17, 15) is 4.79 Å². The summed E-state index contributed by atoms with van der Waals surface area (Å²) in [5.74, 6) is -0.00432. The number of carbonyl (C=O) groups excluding carboxylic acids is 1. The van der Waals surface area contributed by atoms with Gasteiger partial charge >= 0.3 is 0 Å². The highest BCUT2D eigenvalue weighted by molar-refractivity contribution is 7.18. The van der Waals surface area contributed by atoms with Gasteiger partial charge in [0, 0.05) is 10.7 Å². The average molecular weight is 372 g/mol. The largest absolute Gasteiger partial charge is 0.325 e. The third-order valence-electron chi connectivity index (χ3n) is 4.43. The fourth-order valence-electron chi connectivity index (χ4n) is 3.25. The van der Waals surface area contributed by atoms with Crippen LogP contribution in [0.2, 0.25) is 5.02 Å². The summed E-state index contributed by atoms with van der Waals surface area (Å²) in [7, 11) is 0. The molecule has 25 heavy (non-hydrogen) atoms. The lowest BCUT2D eigenvalue weighted by Gasteiger charge is -2.22. The summed E-state index contributed by atoms with van der Waals surface area (Å²) < 4.78 is 1.20. The second kappa shape index (κ2) is 7.12. The molecule has 6 heteroatoms. The first-order valence-electron chi connectivity index (χ1n) is 8.34. The van der Waals surface area contributed by atoms with E-state index < -0.39 is 0 Å². The highest BCUT2D eigenvalue weighted by atomic mass is 35.5. The van der Waals surface area contributed by atoms with E-state index in [2.05, 4.69) is 16.3 Å². The second-order valence-corrected chi connectivity index (χ2v) is 7.70. The Hall–Kier alpha value is -1.95. The number of hydrogen-bond donors (Lipinski definition) is 1. The molecule has 4 rings (SSSR count). The number of likely N-dealkylation sites (tertiary alicyclic amines) is 1. The van der Waals surface area contributed by atoms with Crippen LogP contribution in [0.15, 0.2) is 48.5 Å². The van der Waals surface area contributed by atoms with Crippen molar-refractivity contribution in [2.24, 2.45) is 0 Å². The van der Waals surface area contributed by atoms with Gasteiger partial charge in [-0.25, -0.2) is 4.98 Å². The number of rotatable bonds is 4. The lowest BCUT2D eigenvalue weighted by molar-refractivity contribution is -0.117. The molecule has 2 aromatic carbocycles. The molecule has 2 heterocycles. The molecule has 1 N–H and O–H groups in total. The Morgan fingerprint density at radius 2 is 2.04 bits per heavy atom. The van der Waals surface area contributed by atoms with E-state index in [1.165, 1.54) is 4.70 Å². The summed E-state index contributed by atoms with van der Waals surface area (Å²) in [4.78, 5) is 19.4. The maximum atomic E-state index is 12.4. The number of halogens is 1. The number of para-hydroxylation sites is 1. The van der Waals surface area contributed by atoms with E-state index in [1.54, 1.807) is 23.5 Å². The van der Waals surface area contributed by atoms with Gasteiger partial charge in [-0.15, -0.1) is 11.3 Å². The number of hydrogen-bond acceptors (Lipinski definition) is 4. The lowest BCUT2D eigenvalue weighted by Crippen LogP contribution is -2.32. The highest BCUT2D eigenvalue weighted by Crippen LogP contribution is 2.36. The lowest BCUT2D eigenvalue weighted by atomic mass is 10.2. The van der Waals surface area contributed by atoms with Gasteiger partial charge < -0.3 is 5.32 Å². The minimum atomic E-state index is -0.00432. The number of nitrogens with zero attached hydrogens (tertiary/aromatic N) is 2. The Kier molecular flexibility index (Phi) is 4.70. The second-order valence-electron chi connectivity index (χ2n) is 6.20. The number of thiazole rings is 1. The molecule has 0 aliphatic carbocycles. The first-order chi connectivity index (χ1) is 12.2. The van der Waals surface area contributed by atoms with Crippen LogP contribution < -0.4 is 5.32 Å².